The molecule has 1 N–H and O–H groups in total. The Balaban J connectivity index is 1.45. The molecule has 2 unspecified atom stereocenters. The first-order valence-corrected chi connectivity index (χ1v) is 9.15. The molecule has 5 nitrogen and oxygen atoms in total. The van der Waals surface area contributed by atoms with Gasteiger partial charge in [-0.2, -0.15) is 0 Å². The Hall–Kier alpha value is -3.08. The van der Waals surface area contributed by atoms with Gasteiger partial charge >= 0.3 is 12.1 Å². The van der Waals surface area contributed by atoms with Gasteiger partial charge in [-0.25, -0.2) is 9.59 Å². The zero-order chi connectivity index (χ0) is 18.8. The van der Waals surface area contributed by atoms with Gasteiger partial charge < -0.3 is 9.84 Å². The molecule has 1 saturated heterocycles. The minimum atomic E-state index is -0.924. The van der Waals surface area contributed by atoms with Crippen LogP contribution in [0.4, 0.5) is 4.79 Å². The van der Waals surface area contributed by atoms with Crippen molar-refractivity contribution in [2.75, 3.05) is 0 Å². The van der Waals surface area contributed by atoms with Gasteiger partial charge in [0.05, 0.1) is 11.6 Å². The van der Waals surface area contributed by atoms with Crippen LogP contribution in [0.3, 0.4) is 0 Å². The van der Waals surface area contributed by atoms with E-state index < -0.39 is 5.97 Å². The fourth-order valence-electron chi connectivity index (χ4n) is 3.95. The highest BCUT2D eigenvalue weighted by atomic mass is 16.6. The predicted molar refractivity (Wildman–Crippen MR) is 101 cm³/mol. The maximum atomic E-state index is 12.6. The van der Waals surface area contributed by atoms with Crippen molar-refractivity contribution in [2.24, 2.45) is 0 Å². The van der Waals surface area contributed by atoms with Crippen molar-refractivity contribution >= 4 is 17.6 Å². The van der Waals surface area contributed by atoms with Gasteiger partial charge in [-0.05, 0) is 48.1 Å². The van der Waals surface area contributed by atoms with Crippen LogP contribution in [-0.4, -0.2) is 34.2 Å². The molecule has 0 aliphatic carbocycles. The summed E-state index contributed by atoms with van der Waals surface area (Å²) in [5, 5.41) is 9.04. The maximum Gasteiger partial charge on any atom is 0.410 e. The van der Waals surface area contributed by atoms with E-state index in [0.29, 0.717) is 0 Å². The second-order valence-electron chi connectivity index (χ2n) is 7.02. The second-order valence-corrected chi connectivity index (χ2v) is 7.02. The van der Waals surface area contributed by atoms with Crippen molar-refractivity contribution in [3.05, 3.63) is 77.4 Å². The summed E-state index contributed by atoms with van der Waals surface area (Å²) in [6, 6.07) is 16.8. The monoisotopic (exact) mass is 363 g/mol. The van der Waals surface area contributed by atoms with Crippen molar-refractivity contribution in [3.8, 4) is 0 Å². The standard InChI is InChI=1S/C22H21NO4/c24-21(25)17-8-6-16(7-9-17)18-12-19-10-11-20(13-18)23(19)22(26)27-14-15-4-2-1-3-5-15/h1-9,12,19-20H,10-11,13-14H2,(H,24,25). The summed E-state index contributed by atoms with van der Waals surface area (Å²) in [6.45, 7) is 0.281. The molecular weight excluding hydrogens is 342 g/mol. The Morgan fingerprint density at radius 3 is 2.44 bits per heavy atom. The lowest BCUT2D eigenvalue weighted by molar-refractivity contribution is 0.0696. The number of amides is 1. The van der Waals surface area contributed by atoms with E-state index in [1.807, 2.05) is 47.4 Å². The van der Waals surface area contributed by atoms with Crippen LogP contribution in [0, 0.1) is 0 Å². The molecule has 27 heavy (non-hydrogen) atoms. The van der Waals surface area contributed by atoms with Crippen molar-refractivity contribution in [1.82, 2.24) is 4.90 Å². The van der Waals surface area contributed by atoms with Crippen LogP contribution in [0.5, 0.6) is 0 Å². The molecule has 138 valence electrons. The Bertz CT molecular complexity index is 873. The molecule has 2 aromatic rings. The van der Waals surface area contributed by atoms with E-state index in [1.54, 1.807) is 12.1 Å². The Morgan fingerprint density at radius 2 is 1.78 bits per heavy atom. The predicted octanol–water partition coefficient (Wildman–Crippen LogP) is 4.34. The van der Waals surface area contributed by atoms with E-state index >= 15 is 0 Å². The molecule has 2 aliphatic heterocycles. The summed E-state index contributed by atoms with van der Waals surface area (Å²) >= 11 is 0. The summed E-state index contributed by atoms with van der Waals surface area (Å²) in [5.41, 5.74) is 3.45. The van der Waals surface area contributed by atoms with Crippen LogP contribution in [0.2, 0.25) is 0 Å². The molecule has 0 radical (unpaired) electrons. The maximum absolute atomic E-state index is 12.6. The first-order valence-electron chi connectivity index (χ1n) is 9.15. The van der Waals surface area contributed by atoms with Crippen molar-refractivity contribution in [2.45, 2.75) is 38.0 Å². The van der Waals surface area contributed by atoms with E-state index in [2.05, 4.69) is 6.08 Å². The Kier molecular flexibility index (Phi) is 4.67. The van der Waals surface area contributed by atoms with Gasteiger partial charge in [-0.1, -0.05) is 48.5 Å². The molecule has 1 amide bonds. The molecule has 0 saturated carbocycles. The summed E-state index contributed by atoms with van der Waals surface area (Å²) in [7, 11) is 0. The topological polar surface area (TPSA) is 66.8 Å². The van der Waals surface area contributed by atoms with Crippen LogP contribution in [-0.2, 0) is 11.3 Å². The molecule has 0 aromatic heterocycles. The molecule has 0 spiro atoms. The number of carbonyl (C=O) groups excluding carboxylic acids is 1. The van der Waals surface area contributed by atoms with Gasteiger partial charge in [0.25, 0.3) is 0 Å². The lowest BCUT2D eigenvalue weighted by Crippen LogP contribution is -2.43. The van der Waals surface area contributed by atoms with Crippen LogP contribution in [0.1, 0.15) is 40.7 Å². The highest BCUT2D eigenvalue weighted by Crippen LogP contribution is 2.39. The third-order valence-corrected chi connectivity index (χ3v) is 5.31. The first-order chi connectivity index (χ1) is 13.1. The lowest BCUT2D eigenvalue weighted by atomic mass is 9.94. The van der Waals surface area contributed by atoms with E-state index in [4.69, 9.17) is 9.84 Å². The number of hydrogen-bond acceptors (Lipinski definition) is 3. The third-order valence-electron chi connectivity index (χ3n) is 5.31. The number of carboxylic acids is 1. The van der Waals surface area contributed by atoms with Gasteiger partial charge in [0, 0.05) is 6.04 Å². The molecule has 2 aliphatic rings. The molecule has 2 heterocycles. The van der Waals surface area contributed by atoms with Crippen molar-refractivity contribution in [3.63, 3.8) is 0 Å². The van der Waals surface area contributed by atoms with Gasteiger partial charge in [-0.3, -0.25) is 4.90 Å². The van der Waals surface area contributed by atoms with Crippen molar-refractivity contribution in [1.29, 1.82) is 0 Å². The molecule has 2 atom stereocenters. The molecule has 1 fully saturated rings. The number of ether oxygens (including phenoxy) is 1. The normalized spacial score (nSPS) is 20.9. The van der Waals surface area contributed by atoms with E-state index in [0.717, 1.165) is 30.4 Å². The number of benzene rings is 2. The van der Waals surface area contributed by atoms with E-state index in [-0.39, 0.29) is 30.3 Å². The first kappa shape index (κ1) is 17.3. The molecule has 2 aromatic carbocycles. The van der Waals surface area contributed by atoms with Crippen LogP contribution in [0.15, 0.2) is 60.7 Å². The Morgan fingerprint density at radius 1 is 1.04 bits per heavy atom. The van der Waals surface area contributed by atoms with Gasteiger partial charge in [-0.15, -0.1) is 0 Å². The highest BCUT2D eigenvalue weighted by Gasteiger charge is 2.40. The lowest BCUT2D eigenvalue weighted by Gasteiger charge is -2.33. The molecular formula is C22H21NO4. The minimum Gasteiger partial charge on any atom is -0.478 e. The summed E-state index contributed by atoms with van der Waals surface area (Å²) in [4.78, 5) is 25.5. The Labute approximate surface area is 157 Å². The minimum absolute atomic E-state index is 0.0428. The zero-order valence-corrected chi connectivity index (χ0v) is 14.9. The number of carbonyl (C=O) groups is 2. The molecule has 5 heteroatoms. The second kappa shape index (κ2) is 7.27. The quantitative estimate of drug-likeness (QED) is 0.877. The highest BCUT2D eigenvalue weighted by molar-refractivity contribution is 5.88. The number of carboxylic acid groups (broad SMARTS) is 1. The average Bonchev–Trinajstić information content (AvgIpc) is 2.96. The number of nitrogens with zero attached hydrogens (tertiary/aromatic N) is 1. The number of hydrogen-bond donors (Lipinski definition) is 1. The van der Waals surface area contributed by atoms with Crippen LogP contribution in [0.25, 0.3) is 5.57 Å². The van der Waals surface area contributed by atoms with Gasteiger partial charge in [0.2, 0.25) is 0 Å². The SMILES string of the molecule is O=C(O)c1ccc(C2=CC3CCC(C2)N3C(=O)OCc2ccccc2)cc1. The van der Waals surface area contributed by atoms with Gasteiger partial charge in [0.15, 0.2) is 0 Å². The third kappa shape index (κ3) is 3.58. The average molecular weight is 363 g/mol. The number of rotatable bonds is 4. The fourth-order valence-corrected chi connectivity index (χ4v) is 3.95. The van der Waals surface area contributed by atoms with Crippen LogP contribution >= 0.6 is 0 Å². The van der Waals surface area contributed by atoms with Gasteiger partial charge in [0.1, 0.15) is 6.61 Å². The smallest absolute Gasteiger partial charge is 0.410 e. The number of fused-ring (bicyclic) bond motifs is 2. The largest absolute Gasteiger partial charge is 0.478 e. The van der Waals surface area contributed by atoms with E-state index in [1.165, 1.54) is 5.57 Å². The summed E-state index contributed by atoms with van der Waals surface area (Å²) in [5.74, 6) is -0.924. The van der Waals surface area contributed by atoms with Crippen LogP contribution < -0.4 is 0 Å². The van der Waals surface area contributed by atoms with E-state index in [9.17, 15) is 9.59 Å². The fraction of sp³-hybridized carbons (Fsp3) is 0.273. The number of aromatic carboxylic acids is 1. The molecule has 4 rings (SSSR count). The van der Waals surface area contributed by atoms with Crippen molar-refractivity contribution < 1.29 is 19.4 Å². The summed E-state index contributed by atoms with van der Waals surface area (Å²) < 4.78 is 5.52. The summed E-state index contributed by atoms with van der Waals surface area (Å²) in [6.07, 6.45) is 4.52. The molecule has 2 bridgehead atoms. The zero-order valence-electron chi connectivity index (χ0n) is 14.9.